The fourth-order valence-electron chi connectivity index (χ4n) is 9.68. The molecule has 7 nitrogen and oxygen atoms in total. The van der Waals surface area contributed by atoms with Crippen LogP contribution in [0.2, 0.25) is 5.02 Å². The van der Waals surface area contributed by atoms with E-state index in [1.807, 2.05) is 36.4 Å². The minimum Gasteiger partial charge on any atom is -0.393 e. The number of Topliss-reactive ketones (excluding diaryl/α,β-unsaturated/α-hetero) is 1. The van der Waals surface area contributed by atoms with Crippen LogP contribution in [0, 0.1) is 11.2 Å². The first-order valence-electron chi connectivity index (χ1n) is 18.9. The molecular weight excluding hydrogens is 677 g/mol. The summed E-state index contributed by atoms with van der Waals surface area (Å²) in [4.78, 5) is 32.1. The highest BCUT2D eigenvalue weighted by Gasteiger charge is 2.58. The number of halogens is 2. The number of allylic oxidation sites excluding steroid dienone is 2. The fourth-order valence-corrected chi connectivity index (χ4v) is 9.91. The van der Waals surface area contributed by atoms with Crippen LogP contribution in [0.3, 0.4) is 0 Å². The van der Waals surface area contributed by atoms with E-state index in [2.05, 4.69) is 47.2 Å². The molecule has 276 valence electrons. The number of benzene rings is 3. The number of aliphatic hydroxyl groups is 2. The van der Waals surface area contributed by atoms with E-state index in [1.165, 1.54) is 17.7 Å². The number of anilines is 1. The van der Waals surface area contributed by atoms with Crippen LogP contribution in [-0.4, -0.2) is 70.4 Å². The summed E-state index contributed by atoms with van der Waals surface area (Å²) in [6.45, 7) is 6.63. The second-order valence-electron chi connectivity index (χ2n) is 16.0. The number of para-hydroxylation sites is 1. The van der Waals surface area contributed by atoms with Gasteiger partial charge in [-0.3, -0.25) is 9.59 Å². The monoisotopic (exact) mass is 727 g/mol. The third-order valence-corrected chi connectivity index (χ3v) is 13.3. The third kappa shape index (κ3) is 6.84. The lowest BCUT2D eigenvalue weighted by Crippen LogP contribution is -2.59. The Morgan fingerprint density at radius 2 is 1.79 bits per heavy atom. The number of nitrogens with one attached hydrogen (secondary N) is 1. The smallest absolute Gasteiger partial charge is 0.247 e. The van der Waals surface area contributed by atoms with Gasteiger partial charge in [0.2, 0.25) is 5.91 Å². The lowest BCUT2D eigenvalue weighted by Gasteiger charge is -2.49. The van der Waals surface area contributed by atoms with Gasteiger partial charge >= 0.3 is 0 Å². The van der Waals surface area contributed by atoms with Crippen molar-refractivity contribution in [1.29, 1.82) is 0 Å². The number of fused-ring (bicyclic) bond motifs is 8. The van der Waals surface area contributed by atoms with Gasteiger partial charge in [0.15, 0.2) is 5.78 Å². The van der Waals surface area contributed by atoms with Gasteiger partial charge in [-0.2, -0.15) is 0 Å². The Kier molecular flexibility index (Phi) is 10.4. The average molecular weight is 728 g/mol. The van der Waals surface area contributed by atoms with Gasteiger partial charge in [-0.05, 0) is 112 Å². The number of hydrogen-bond acceptors (Lipinski definition) is 6. The number of amides is 1. The van der Waals surface area contributed by atoms with Gasteiger partial charge in [0.05, 0.1) is 18.4 Å². The average Bonchev–Trinajstić information content (AvgIpc) is 3.57. The summed E-state index contributed by atoms with van der Waals surface area (Å²) in [6.07, 6.45) is 7.37. The molecule has 2 saturated heterocycles. The molecular formula is C43H51ClFN3O4. The first-order valence-corrected chi connectivity index (χ1v) is 19.3. The number of nitrogens with zero attached hydrogens (tertiary/aromatic N) is 2. The van der Waals surface area contributed by atoms with E-state index in [1.54, 1.807) is 6.07 Å². The predicted molar refractivity (Wildman–Crippen MR) is 203 cm³/mol. The summed E-state index contributed by atoms with van der Waals surface area (Å²) >= 11 is 6.39. The van der Waals surface area contributed by atoms with Crippen molar-refractivity contribution in [1.82, 2.24) is 10.2 Å². The minimum atomic E-state index is -1.05. The molecule has 1 amide bonds. The minimum absolute atomic E-state index is 0.0700. The van der Waals surface area contributed by atoms with Crippen molar-refractivity contribution >= 4 is 29.0 Å². The highest BCUT2D eigenvalue weighted by atomic mass is 35.5. The standard InChI is InChI=1S/C43H51ClFN3O4/c1-29-8-7-18-41(2)36(33-16-14-30(24-32(49)15-13-29)25-34(33)39(50)26-35-37(44)11-6-12-38(35)45)17-19-43(41,52)27-47-22-20-42(21-23-47)40(51)46-28-48(42)31-9-4-3-5-10-31/h3-6,8-12,14,16,25,32,36,49,52H,7,13,15,17-24,26-28H2,1-2H3,(H,46,51). The quantitative estimate of drug-likeness (QED) is 0.182. The summed E-state index contributed by atoms with van der Waals surface area (Å²) in [5.74, 6) is -0.796. The van der Waals surface area contributed by atoms with Crippen molar-refractivity contribution in [2.75, 3.05) is 31.2 Å². The van der Waals surface area contributed by atoms with Crippen molar-refractivity contribution in [2.24, 2.45) is 5.41 Å². The van der Waals surface area contributed by atoms with E-state index in [9.17, 15) is 24.2 Å². The number of hydrogen-bond donors (Lipinski definition) is 3. The van der Waals surface area contributed by atoms with Crippen molar-refractivity contribution in [3.8, 4) is 0 Å². The highest BCUT2D eigenvalue weighted by molar-refractivity contribution is 6.31. The third-order valence-electron chi connectivity index (χ3n) is 12.9. The zero-order valence-corrected chi connectivity index (χ0v) is 31.1. The van der Waals surface area contributed by atoms with E-state index >= 15 is 0 Å². The predicted octanol–water partition coefficient (Wildman–Crippen LogP) is 7.37. The summed E-state index contributed by atoms with van der Waals surface area (Å²) in [7, 11) is 0. The molecule has 3 N–H and O–H groups in total. The Bertz CT molecular complexity index is 1820. The van der Waals surface area contributed by atoms with Gasteiger partial charge in [-0.1, -0.05) is 66.6 Å². The summed E-state index contributed by atoms with van der Waals surface area (Å²) in [5.41, 5.74) is 2.42. The van der Waals surface area contributed by atoms with Gasteiger partial charge in [0.1, 0.15) is 11.4 Å². The second kappa shape index (κ2) is 14.7. The number of aliphatic hydroxyl groups excluding tert-OH is 1. The second-order valence-corrected chi connectivity index (χ2v) is 16.4. The van der Waals surface area contributed by atoms with Gasteiger partial charge in [-0.25, -0.2) is 4.39 Å². The number of rotatable bonds is 6. The van der Waals surface area contributed by atoms with Crippen LogP contribution in [0.4, 0.5) is 10.1 Å². The molecule has 0 aromatic heterocycles. The van der Waals surface area contributed by atoms with Gasteiger partial charge in [0.25, 0.3) is 0 Å². The van der Waals surface area contributed by atoms with Crippen LogP contribution in [0.5, 0.6) is 0 Å². The van der Waals surface area contributed by atoms with Crippen LogP contribution in [0.25, 0.3) is 0 Å². The molecule has 5 aliphatic rings. The molecule has 3 aromatic rings. The van der Waals surface area contributed by atoms with Crippen LogP contribution in [-0.2, 0) is 17.6 Å². The SMILES string of the molecule is CC1=CCCC2(C)C(CCC2(O)CN2CCC3(CC2)C(=O)NCN3c2ccccc2)c2ccc(cc2C(=O)Cc2c(F)cccc2Cl)CC(O)CC1. The molecule has 3 fully saturated rings. The number of likely N-dealkylation sites (tertiary alicyclic amines) is 1. The Hall–Kier alpha value is -3.56. The Morgan fingerprint density at radius 1 is 1.02 bits per heavy atom. The topological polar surface area (TPSA) is 93.1 Å². The van der Waals surface area contributed by atoms with E-state index in [0.29, 0.717) is 76.8 Å². The maximum atomic E-state index is 14.9. The normalized spacial score (nSPS) is 28.0. The molecule has 8 rings (SSSR count). The molecule has 3 aromatic carbocycles. The van der Waals surface area contributed by atoms with E-state index in [-0.39, 0.29) is 34.6 Å². The molecule has 0 radical (unpaired) electrons. The lowest BCUT2D eigenvalue weighted by atomic mass is 9.64. The maximum absolute atomic E-state index is 14.9. The lowest BCUT2D eigenvalue weighted by molar-refractivity contribution is -0.126. The molecule has 4 atom stereocenters. The Labute approximate surface area is 311 Å². The summed E-state index contributed by atoms with van der Waals surface area (Å²) in [5, 5.41) is 27.1. The van der Waals surface area contributed by atoms with Crippen molar-refractivity contribution in [2.45, 2.75) is 101 Å². The molecule has 1 spiro atoms. The van der Waals surface area contributed by atoms with Gasteiger partial charge in [0, 0.05) is 53.3 Å². The zero-order chi connectivity index (χ0) is 36.7. The van der Waals surface area contributed by atoms with Crippen LogP contribution in [0.1, 0.15) is 98.2 Å². The van der Waals surface area contributed by atoms with Gasteiger partial charge in [-0.15, -0.1) is 0 Å². The molecule has 9 heteroatoms. The number of ketones is 1. The molecule has 2 bridgehead atoms. The summed E-state index contributed by atoms with van der Waals surface area (Å²) < 4.78 is 14.9. The molecule has 1 saturated carbocycles. The molecule has 2 heterocycles. The Morgan fingerprint density at radius 3 is 2.54 bits per heavy atom. The zero-order valence-electron chi connectivity index (χ0n) is 30.3. The number of carbonyl (C=O) groups is 2. The van der Waals surface area contributed by atoms with E-state index in [4.69, 9.17) is 11.6 Å². The van der Waals surface area contributed by atoms with Crippen LogP contribution < -0.4 is 10.2 Å². The highest BCUT2D eigenvalue weighted by Crippen LogP contribution is 2.59. The van der Waals surface area contributed by atoms with Crippen LogP contribution >= 0.6 is 11.6 Å². The number of β-amino-alcohol motifs (C(OH)–C–C–N with tert-alkyl or cyclic N) is 1. The number of piperidine rings is 1. The van der Waals surface area contributed by atoms with E-state index < -0.39 is 28.5 Å². The molecule has 4 unspecified atom stereocenters. The first-order chi connectivity index (χ1) is 24.9. The summed E-state index contributed by atoms with van der Waals surface area (Å²) in [6, 6.07) is 20.5. The van der Waals surface area contributed by atoms with Crippen molar-refractivity contribution < 1.29 is 24.2 Å². The largest absolute Gasteiger partial charge is 0.393 e. The van der Waals surface area contributed by atoms with Crippen molar-refractivity contribution in [3.05, 3.63) is 111 Å². The van der Waals surface area contributed by atoms with Gasteiger partial charge < -0.3 is 25.3 Å². The number of carbonyl (C=O) groups excluding carboxylic acids is 2. The fraction of sp³-hybridized carbons (Fsp3) is 0.488. The van der Waals surface area contributed by atoms with Crippen LogP contribution in [0.15, 0.2) is 78.4 Å². The van der Waals surface area contributed by atoms with E-state index in [0.717, 1.165) is 29.7 Å². The van der Waals surface area contributed by atoms with Crippen molar-refractivity contribution in [3.63, 3.8) is 0 Å². The maximum Gasteiger partial charge on any atom is 0.247 e. The molecule has 2 aliphatic heterocycles. The Balaban J connectivity index is 1.19. The molecule has 3 aliphatic carbocycles. The first kappa shape index (κ1) is 36.8. The molecule has 52 heavy (non-hydrogen) atoms.